The summed E-state index contributed by atoms with van der Waals surface area (Å²) in [4.78, 5) is 6.03. The summed E-state index contributed by atoms with van der Waals surface area (Å²) < 4.78 is 2.13. The Labute approximate surface area is 167 Å². The van der Waals surface area contributed by atoms with Crippen LogP contribution in [0.1, 0.15) is 23.6 Å². The number of nitrogens with zero attached hydrogens (tertiary/aromatic N) is 3. The van der Waals surface area contributed by atoms with E-state index in [9.17, 15) is 5.26 Å². The van der Waals surface area contributed by atoms with E-state index in [1.165, 1.54) is 10.5 Å². The lowest BCUT2D eigenvalue weighted by Crippen LogP contribution is -1.99. The Bertz CT molecular complexity index is 1150. The fraction of sp³-hybridized carbons (Fsp3) is 0.182. The van der Waals surface area contributed by atoms with E-state index in [0.717, 1.165) is 39.4 Å². The van der Waals surface area contributed by atoms with Crippen molar-refractivity contribution >= 4 is 40.2 Å². The maximum absolute atomic E-state index is 9.71. The van der Waals surface area contributed by atoms with Gasteiger partial charge in [0.25, 0.3) is 0 Å². The van der Waals surface area contributed by atoms with Crippen LogP contribution < -0.4 is 0 Å². The number of fused-ring (bicyclic) bond motifs is 3. The fourth-order valence-electron chi connectivity index (χ4n) is 3.23. The van der Waals surface area contributed by atoms with Gasteiger partial charge < -0.3 is 0 Å². The molecule has 0 saturated heterocycles. The van der Waals surface area contributed by atoms with Crippen LogP contribution in [-0.2, 0) is 12.2 Å². The molecule has 0 atom stereocenters. The fourth-order valence-corrected chi connectivity index (χ4v) is 4.69. The highest BCUT2D eigenvalue weighted by molar-refractivity contribution is 7.98. The Morgan fingerprint density at radius 2 is 1.89 bits per heavy atom. The Balaban J connectivity index is 1.82. The predicted octanol–water partition coefficient (Wildman–Crippen LogP) is 5.94. The summed E-state index contributed by atoms with van der Waals surface area (Å²) in [7, 11) is 0. The maximum Gasteiger partial charge on any atom is 0.157 e. The van der Waals surface area contributed by atoms with E-state index in [1.807, 2.05) is 18.2 Å². The lowest BCUT2D eigenvalue weighted by atomic mass is 10.1. The van der Waals surface area contributed by atoms with Crippen LogP contribution in [0.3, 0.4) is 0 Å². The second-order valence-electron chi connectivity index (χ2n) is 6.24. The standard InChI is InChI=1S/C22H19N3S2/c1-3-16-12-21(27-14-15-8-10-17(26-2)11-9-15)25-20-7-5-4-6-19(20)24-22(25)18(16)13-23/h4-12H,3,14H2,1-2H3. The van der Waals surface area contributed by atoms with Gasteiger partial charge in [0.05, 0.1) is 21.6 Å². The molecule has 0 aliphatic heterocycles. The summed E-state index contributed by atoms with van der Waals surface area (Å²) in [6, 6.07) is 21.3. The molecule has 0 aliphatic carbocycles. The zero-order valence-corrected chi connectivity index (χ0v) is 16.9. The van der Waals surface area contributed by atoms with Crippen molar-refractivity contribution in [3.8, 4) is 6.07 Å². The number of hydrogen-bond donors (Lipinski definition) is 0. The molecule has 0 bridgehead atoms. The maximum atomic E-state index is 9.71. The largest absolute Gasteiger partial charge is 0.286 e. The number of imidazole rings is 1. The first kappa shape index (κ1) is 18.0. The first-order chi connectivity index (χ1) is 13.2. The molecule has 5 heteroatoms. The molecule has 134 valence electrons. The summed E-state index contributed by atoms with van der Waals surface area (Å²) >= 11 is 3.55. The second kappa shape index (κ2) is 7.67. The Hall–Kier alpha value is -2.42. The van der Waals surface area contributed by atoms with Crippen LogP contribution in [0, 0.1) is 11.3 Å². The minimum Gasteiger partial charge on any atom is -0.286 e. The third-order valence-electron chi connectivity index (χ3n) is 4.66. The molecular formula is C22H19N3S2. The average molecular weight is 390 g/mol. The van der Waals surface area contributed by atoms with Crippen molar-refractivity contribution in [3.63, 3.8) is 0 Å². The summed E-state index contributed by atoms with van der Waals surface area (Å²) in [6.07, 6.45) is 2.91. The van der Waals surface area contributed by atoms with E-state index < -0.39 is 0 Å². The number of hydrogen-bond acceptors (Lipinski definition) is 4. The highest BCUT2D eigenvalue weighted by Gasteiger charge is 2.16. The molecule has 0 fully saturated rings. The number of nitriles is 1. The van der Waals surface area contributed by atoms with E-state index in [-0.39, 0.29) is 0 Å². The van der Waals surface area contributed by atoms with Crippen LogP contribution in [0.5, 0.6) is 0 Å². The molecule has 0 amide bonds. The van der Waals surface area contributed by atoms with E-state index in [1.54, 1.807) is 23.5 Å². The first-order valence-electron chi connectivity index (χ1n) is 8.84. The van der Waals surface area contributed by atoms with Crippen LogP contribution in [0.15, 0.2) is 64.5 Å². The van der Waals surface area contributed by atoms with Gasteiger partial charge in [-0.3, -0.25) is 4.40 Å². The smallest absolute Gasteiger partial charge is 0.157 e. The van der Waals surface area contributed by atoms with Gasteiger partial charge in [0.15, 0.2) is 5.65 Å². The molecule has 0 unspecified atom stereocenters. The Kier molecular flexibility index (Phi) is 5.11. The third kappa shape index (κ3) is 3.31. The van der Waals surface area contributed by atoms with Crippen molar-refractivity contribution < 1.29 is 0 Å². The molecule has 4 rings (SSSR count). The van der Waals surface area contributed by atoms with Gasteiger partial charge in [-0.15, -0.1) is 23.5 Å². The molecule has 0 spiro atoms. The molecule has 2 aromatic carbocycles. The number of benzene rings is 2. The van der Waals surface area contributed by atoms with Crippen molar-refractivity contribution in [2.45, 2.75) is 29.0 Å². The summed E-state index contributed by atoms with van der Waals surface area (Å²) in [5, 5.41) is 10.8. The Morgan fingerprint density at radius 3 is 2.59 bits per heavy atom. The monoisotopic (exact) mass is 389 g/mol. The van der Waals surface area contributed by atoms with Gasteiger partial charge in [0.1, 0.15) is 6.07 Å². The van der Waals surface area contributed by atoms with Crippen molar-refractivity contribution in [2.75, 3.05) is 6.26 Å². The van der Waals surface area contributed by atoms with Gasteiger partial charge in [-0.05, 0) is 54.1 Å². The van der Waals surface area contributed by atoms with Crippen LogP contribution in [0.25, 0.3) is 16.7 Å². The molecule has 2 aromatic heterocycles. The van der Waals surface area contributed by atoms with Gasteiger partial charge in [-0.2, -0.15) is 5.26 Å². The van der Waals surface area contributed by atoms with Crippen LogP contribution in [0.4, 0.5) is 0 Å². The highest BCUT2D eigenvalue weighted by Crippen LogP contribution is 2.31. The zero-order valence-electron chi connectivity index (χ0n) is 15.3. The van der Waals surface area contributed by atoms with E-state index in [4.69, 9.17) is 4.98 Å². The number of para-hydroxylation sites is 2. The number of rotatable bonds is 5. The number of aromatic nitrogens is 2. The van der Waals surface area contributed by atoms with E-state index >= 15 is 0 Å². The Morgan fingerprint density at radius 1 is 1.11 bits per heavy atom. The minimum absolute atomic E-state index is 0.683. The summed E-state index contributed by atoms with van der Waals surface area (Å²) in [5.74, 6) is 0.880. The lowest BCUT2D eigenvalue weighted by molar-refractivity contribution is 1.00. The molecule has 0 radical (unpaired) electrons. The highest BCUT2D eigenvalue weighted by atomic mass is 32.2. The number of thioether (sulfide) groups is 2. The molecule has 0 N–H and O–H groups in total. The quantitative estimate of drug-likeness (QED) is 0.396. The topological polar surface area (TPSA) is 41.1 Å². The third-order valence-corrected chi connectivity index (χ3v) is 6.48. The molecular weight excluding hydrogens is 370 g/mol. The molecule has 3 nitrogen and oxygen atoms in total. The van der Waals surface area contributed by atoms with Crippen LogP contribution >= 0.6 is 23.5 Å². The van der Waals surface area contributed by atoms with Crippen LogP contribution in [-0.4, -0.2) is 15.6 Å². The van der Waals surface area contributed by atoms with Gasteiger partial charge in [-0.25, -0.2) is 4.98 Å². The van der Waals surface area contributed by atoms with Gasteiger partial charge >= 0.3 is 0 Å². The summed E-state index contributed by atoms with van der Waals surface area (Å²) in [6.45, 7) is 2.09. The van der Waals surface area contributed by atoms with Crippen molar-refractivity contribution in [3.05, 3.63) is 71.3 Å². The molecule has 27 heavy (non-hydrogen) atoms. The zero-order chi connectivity index (χ0) is 18.8. The molecule has 4 aromatic rings. The molecule has 0 aliphatic rings. The summed E-state index contributed by atoms with van der Waals surface area (Å²) in [5.41, 5.74) is 5.76. The van der Waals surface area contributed by atoms with Gasteiger partial charge in [0.2, 0.25) is 0 Å². The van der Waals surface area contributed by atoms with Gasteiger partial charge in [0, 0.05) is 10.6 Å². The van der Waals surface area contributed by atoms with Crippen molar-refractivity contribution in [1.29, 1.82) is 5.26 Å². The second-order valence-corrected chi connectivity index (χ2v) is 8.12. The van der Waals surface area contributed by atoms with Crippen molar-refractivity contribution in [1.82, 2.24) is 9.38 Å². The molecule has 2 heterocycles. The molecule has 0 saturated carbocycles. The van der Waals surface area contributed by atoms with Crippen LogP contribution in [0.2, 0.25) is 0 Å². The average Bonchev–Trinajstić information content (AvgIpc) is 3.11. The number of pyridine rings is 1. The predicted molar refractivity (Wildman–Crippen MR) is 115 cm³/mol. The lowest BCUT2D eigenvalue weighted by Gasteiger charge is -2.11. The number of aryl methyl sites for hydroxylation is 1. The SMILES string of the molecule is CCc1cc(SCc2ccc(SC)cc2)n2c(nc3ccccc32)c1C#N. The van der Waals surface area contributed by atoms with E-state index in [2.05, 4.69) is 60.0 Å². The van der Waals surface area contributed by atoms with E-state index in [0.29, 0.717) is 5.56 Å². The van der Waals surface area contributed by atoms with Crippen molar-refractivity contribution in [2.24, 2.45) is 0 Å². The van der Waals surface area contributed by atoms with Gasteiger partial charge in [-0.1, -0.05) is 31.2 Å². The first-order valence-corrected chi connectivity index (χ1v) is 11.0. The minimum atomic E-state index is 0.683. The normalized spacial score (nSPS) is 11.1.